The van der Waals surface area contributed by atoms with Crippen LogP contribution in [0.5, 0.6) is 0 Å². The van der Waals surface area contributed by atoms with Gasteiger partial charge in [-0.15, -0.1) is 0 Å². The molecule has 4 aromatic heterocycles. The molecule has 152 valence electrons. The summed E-state index contributed by atoms with van der Waals surface area (Å²) >= 11 is 0. The largest absolute Gasteiger partial charge is 0.356 e. The highest BCUT2D eigenvalue weighted by Crippen LogP contribution is 2.25. The molecule has 0 spiro atoms. The van der Waals surface area contributed by atoms with Crippen LogP contribution < -0.4 is 15.5 Å². The van der Waals surface area contributed by atoms with Gasteiger partial charge in [-0.25, -0.2) is 9.97 Å². The zero-order valence-electron chi connectivity index (χ0n) is 16.9. The molecule has 0 aliphatic carbocycles. The minimum atomic E-state index is 0.528. The van der Waals surface area contributed by atoms with Crippen LogP contribution in [0.2, 0.25) is 0 Å². The van der Waals surface area contributed by atoms with E-state index in [1.54, 1.807) is 6.20 Å². The van der Waals surface area contributed by atoms with Gasteiger partial charge < -0.3 is 19.9 Å². The smallest absolute Gasteiger partial charge is 0.232 e. The van der Waals surface area contributed by atoms with Crippen LogP contribution in [0.25, 0.3) is 5.65 Å². The number of piperidine rings is 1. The summed E-state index contributed by atoms with van der Waals surface area (Å²) in [4.78, 5) is 20.7. The number of anilines is 5. The molecular formula is C22H24N8. The van der Waals surface area contributed by atoms with Crippen molar-refractivity contribution in [1.29, 1.82) is 0 Å². The molecule has 1 fully saturated rings. The number of imidazole rings is 1. The van der Waals surface area contributed by atoms with E-state index in [0.717, 1.165) is 47.6 Å². The van der Waals surface area contributed by atoms with Gasteiger partial charge in [0, 0.05) is 55.2 Å². The summed E-state index contributed by atoms with van der Waals surface area (Å²) in [5, 5.41) is 6.67. The molecule has 1 aliphatic heterocycles. The monoisotopic (exact) mass is 400 g/mol. The third-order valence-corrected chi connectivity index (χ3v) is 5.19. The molecule has 1 aliphatic rings. The van der Waals surface area contributed by atoms with E-state index in [1.165, 1.54) is 19.3 Å². The van der Waals surface area contributed by atoms with Crippen LogP contribution >= 0.6 is 0 Å². The molecule has 0 atom stereocenters. The zero-order valence-corrected chi connectivity index (χ0v) is 16.9. The summed E-state index contributed by atoms with van der Waals surface area (Å²) in [5.41, 5.74) is 2.75. The third-order valence-electron chi connectivity index (χ3n) is 5.19. The maximum atomic E-state index is 4.77. The lowest BCUT2D eigenvalue weighted by atomic mass is 10.1. The fraction of sp³-hybridized carbons (Fsp3) is 0.273. The van der Waals surface area contributed by atoms with Crippen molar-refractivity contribution in [2.24, 2.45) is 0 Å². The molecule has 2 N–H and O–H groups in total. The summed E-state index contributed by atoms with van der Waals surface area (Å²) in [6.07, 6.45) is 9.34. The Hall–Kier alpha value is -3.68. The second kappa shape index (κ2) is 7.98. The lowest BCUT2D eigenvalue weighted by molar-refractivity contribution is 0.573. The second-order valence-corrected chi connectivity index (χ2v) is 7.51. The number of aryl methyl sites for hydroxylation is 1. The van der Waals surface area contributed by atoms with E-state index < -0.39 is 0 Å². The number of nitrogens with zero attached hydrogens (tertiary/aromatic N) is 6. The molecule has 8 nitrogen and oxygen atoms in total. The van der Waals surface area contributed by atoms with E-state index in [1.807, 2.05) is 60.1 Å². The van der Waals surface area contributed by atoms with Crippen LogP contribution in [-0.2, 0) is 0 Å². The Morgan fingerprint density at radius 2 is 1.77 bits per heavy atom. The molecule has 30 heavy (non-hydrogen) atoms. The molecule has 5 heterocycles. The van der Waals surface area contributed by atoms with Gasteiger partial charge in [0.15, 0.2) is 0 Å². The Morgan fingerprint density at radius 1 is 0.867 bits per heavy atom. The Bertz CT molecular complexity index is 1160. The number of fused-ring (bicyclic) bond motifs is 1. The van der Waals surface area contributed by atoms with Crippen molar-refractivity contribution in [3.05, 3.63) is 60.7 Å². The summed E-state index contributed by atoms with van der Waals surface area (Å²) in [5.74, 6) is 2.91. The molecular weight excluding hydrogens is 376 g/mol. The minimum Gasteiger partial charge on any atom is -0.356 e. The van der Waals surface area contributed by atoms with E-state index >= 15 is 0 Å². The first-order valence-electron chi connectivity index (χ1n) is 10.3. The lowest BCUT2D eigenvalue weighted by Crippen LogP contribution is -2.30. The Labute approximate surface area is 175 Å². The normalized spacial score (nSPS) is 14.1. The molecule has 5 rings (SSSR count). The van der Waals surface area contributed by atoms with E-state index in [-0.39, 0.29) is 0 Å². The van der Waals surface area contributed by atoms with Gasteiger partial charge in [-0.05, 0) is 44.4 Å². The number of nitrogens with one attached hydrogen (secondary N) is 2. The number of hydrogen-bond acceptors (Lipinski definition) is 7. The van der Waals surface area contributed by atoms with Gasteiger partial charge >= 0.3 is 0 Å². The Kier molecular flexibility index (Phi) is 4.88. The molecule has 4 aromatic rings. The molecule has 0 aromatic carbocycles. The first kappa shape index (κ1) is 18.4. The van der Waals surface area contributed by atoms with E-state index in [9.17, 15) is 0 Å². The minimum absolute atomic E-state index is 0.528. The molecule has 0 amide bonds. The van der Waals surface area contributed by atoms with Gasteiger partial charge in [0.05, 0.1) is 0 Å². The molecule has 0 bridgehead atoms. The zero-order chi connectivity index (χ0) is 20.3. The molecule has 8 heteroatoms. The fourth-order valence-corrected chi connectivity index (χ4v) is 3.70. The van der Waals surface area contributed by atoms with Crippen LogP contribution in [0.1, 0.15) is 25.0 Å². The topological polar surface area (TPSA) is 83.3 Å². The lowest BCUT2D eigenvalue weighted by Gasteiger charge is -2.28. The first-order chi connectivity index (χ1) is 14.7. The maximum Gasteiger partial charge on any atom is 0.232 e. The highest BCUT2D eigenvalue weighted by molar-refractivity contribution is 5.65. The van der Waals surface area contributed by atoms with Crippen LogP contribution in [0.3, 0.4) is 0 Å². The predicted octanol–water partition coefficient (Wildman–Crippen LogP) is 4.31. The molecule has 1 saturated heterocycles. The number of hydrogen-bond donors (Lipinski definition) is 2. The SMILES string of the molecule is Cc1cccc(Nc2nc(Nc3ccn4ccnc4c3)cc(N3CCCCC3)n2)n1. The second-order valence-electron chi connectivity index (χ2n) is 7.51. The van der Waals surface area contributed by atoms with Gasteiger partial charge in [0.25, 0.3) is 0 Å². The van der Waals surface area contributed by atoms with Gasteiger partial charge in [-0.3, -0.25) is 0 Å². The highest BCUT2D eigenvalue weighted by Gasteiger charge is 2.15. The summed E-state index contributed by atoms with van der Waals surface area (Å²) in [6.45, 7) is 3.99. The van der Waals surface area contributed by atoms with Crippen LogP contribution in [0, 0.1) is 6.92 Å². The fourth-order valence-electron chi connectivity index (χ4n) is 3.70. The predicted molar refractivity (Wildman–Crippen MR) is 119 cm³/mol. The molecule has 0 saturated carbocycles. The van der Waals surface area contributed by atoms with Gasteiger partial charge in [0.2, 0.25) is 5.95 Å². The molecule has 0 radical (unpaired) electrons. The average Bonchev–Trinajstić information content (AvgIpc) is 3.22. The quantitative estimate of drug-likeness (QED) is 0.517. The van der Waals surface area contributed by atoms with Crippen molar-refractivity contribution < 1.29 is 0 Å². The highest BCUT2D eigenvalue weighted by atomic mass is 15.3. The van der Waals surface area contributed by atoms with Crippen molar-refractivity contribution in [2.45, 2.75) is 26.2 Å². The third kappa shape index (κ3) is 4.03. The van der Waals surface area contributed by atoms with Gasteiger partial charge in [-0.2, -0.15) is 9.97 Å². The summed E-state index contributed by atoms with van der Waals surface area (Å²) in [6, 6.07) is 11.9. The Morgan fingerprint density at radius 3 is 2.63 bits per heavy atom. The summed E-state index contributed by atoms with van der Waals surface area (Å²) in [7, 11) is 0. The van der Waals surface area contributed by atoms with E-state index in [2.05, 4.69) is 30.5 Å². The van der Waals surface area contributed by atoms with E-state index in [4.69, 9.17) is 4.98 Å². The first-order valence-corrected chi connectivity index (χ1v) is 10.3. The van der Waals surface area contributed by atoms with Gasteiger partial charge in [0.1, 0.15) is 23.1 Å². The van der Waals surface area contributed by atoms with Crippen LogP contribution in [0.15, 0.2) is 55.0 Å². The van der Waals surface area contributed by atoms with Crippen molar-refractivity contribution >= 4 is 34.7 Å². The average molecular weight is 400 g/mol. The maximum absolute atomic E-state index is 4.77. The van der Waals surface area contributed by atoms with Crippen molar-refractivity contribution in [2.75, 3.05) is 28.6 Å². The van der Waals surface area contributed by atoms with Crippen LogP contribution in [0.4, 0.5) is 29.1 Å². The van der Waals surface area contributed by atoms with Crippen LogP contribution in [-0.4, -0.2) is 37.4 Å². The molecule has 0 unspecified atom stereocenters. The number of aromatic nitrogens is 5. The van der Waals surface area contributed by atoms with Gasteiger partial charge in [-0.1, -0.05) is 6.07 Å². The van der Waals surface area contributed by atoms with Crippen molar-refractivity contribution in [1.82, 2.24) is 24.3 Å². The van der Waals surface area contributed by atoms with Crippen molar-refractivity contribution in [3.8, 4) is 0 Å². The standard InChI is InChI=1S/C22H24N8/c1-16-6-5-7-18(24-16)26-22-27-19(15-21(28-22)29-10-3-2-4-11-29)25-17-8-12-30-13-9-23-20(30)14-17/h5-9,12-15H,2-4,10-11H2,1H3,(H2,24,25,26,27,28). The number of rotatable bonds is 5. The van der Waals surface area contributed by atoms with Crippen molar-refractivity contribution in [3.63, 3.8) is 0 Å². The summed E-state index contributed by atoms with van der Waals surface area (Å²) < 4.78 is 1.97. The van der Waals surface area contributed by atoms with E-state index in [0.29, 0.717) is 5.95 Å². The Balaban J connectivity index is 1.47. The number of pyridine rings is 2.